The molecule has 1 aliphatic carbocycles. The molecule has 2 atom stereocenters. The van der Waals surface area contributed by atoms with Crippen LogP contribution in [-0.4, -0.2) is 15.7 Å². The Bertz CT molecular complexity index is 643. The fourth-order valence-electron chi connectivity index (χ4n) is 2.59. The van der Waals surface area contributed by atoms with Crippen molar-refractivity contribution in [1.29, 1.82) is 0 Å². The van der Waals surface area contributed by atoms with Crippen molar-refractivity contribution in [3.8, 4) is 0 Å². The fourth-order valence-corrected chi connectivity index (χ4v) is 2.72. The maximum Gasteiger partial charge on any atom is 0.224 e. The van der Waals surface area contributed by atoms with E-state index in [0.717, 1.165) is 22.8 Å². The van der Waals surface area contributed by atoms with Crippen LogP contribution in [0.3, 0.4) is 0 Å². The molecule has 1 aromatic carbocycles. The van der Waals surface area contributed by atoms with Gasteiger partial charge in [-0.2, -0.15) is 5.10 Å². The minimum atomic E-state index is 0.0796. The van der Waals surface area contributed by atoms with E-state index >= 15 is 0 Å². The van der Waals surface area contributed by atoms with Gasteiger partial charge >= 0.3 is 0 Å². The summed E-state index contributed by atoms with van der Waals surface area (Å²) in [4.78, 5) is 12.1. The van der Waals surface area contributed by atoms with Gasteiger partial charge in [0.1, 0.15) is 0 Å². The molecular formula is C16H18ClN3O. The molecule has 1 N–H and O–H groups in total. The number of carbonyl (C=O) groups excluding carboxylic acids is 1. The van der Waals surface area contributed by atoms with Gasteiger partial charge in [0.25, 0.3) is 0 Å². The minimum absolute atomic E-state index is 0.0796. The monoisotopic (exact) mass is 303 g/mol. The van der Waals surface area contributed by atoms with E-state index in [1.807, 2.05) is 49.0 Å². The van der Waals surface area contributed by atoms with Crippen LogP contribution in [0.25, 0.3) is 0 Å². The number of amides is 1. The second kappa shape index (κ2) is 5.53. The van der Waals surface area contributed by atoms with Gasteiger partial charge in [0.15, 0.2) is 0 Å². The second-order valence-corrected chi connectivity index (χ2v) is 6.06. The number of halogens is 1. The summed E-state index contributed by atoms with van der Waals surface area (Å²) < 4.78 is 1.81. The molecule has 0 saturated heterocycles. The standard InChI is InChI=1S/C16H18ClN3O/c1-10-7-13(19-20(10)2)9-18-16(21)15-8-14(15)11-3-5-12(17)6-4-11/h3-7,14-15H,8-9H2,1-2H3,(H,18,21). The summed E-state index contributed by atoms with van der Waals surface area (Å²) in [5.74, 6) is 0.516. The zero-order valence-electron chi connectivity index (χ0n) is 12.1. The number of rotatable bonds is 4. The van der Waals surface area contributed by atoms with Crippen molar-refractivity contribution in [2.45, 2.75) is 25.8 Å². The van der Waals surface area contributed by atoms with E-state index in [1.54, 1.807) is 0 Å². The van der Waals surface area contributed by atoms with E-state index in [2.05, 4.69) is 10.4 Å². The molecule has 0 bridgehead atoms. The molecule has 3 rings (SSSR count). The zero-order chi connectivity index (χ0) is 15.0. The van der Waals surface area contributed by atoms with Crippen LogP contribution < -0.4 is 5.32 Å². The summed E-state index contributed by atoms with van der Waals surface area (Å²) in [5.41, 5.74) is 3.17. The first-order valence-corrected chi connectivity index (χ1v) is 7.45. The van der Waals surface area contributed by atoms with Crippen LogP contribution in [0.4, 0.5) is 0 Å². The SMILES string of the molecule is Cc1cc(CNC(=O)C2CC2c2ccc(Cl)cc2)nn1C. The largest absolute Gasteiger partial charge is 0.350 e. The van der Waals surface area contributed by atoms with E-state index in [1.165, 1.54) is 5.56 Å². The third-order valence-electron chi connectivity index (χ3n) is 4.03. The first kappa shape index (κ1) is 14.1. The topological polar surface area (TPSA) is 46.9 Å². The Hall–Kier alpha value is -1.81. The molecule has 0 aliphatic heterocycles. The highest BCUT2D eigenvalue weighted by atomic mass is 35.5. The smallest absolute Gasteiger partial charge is 0.224 e. The van der Waals surface area contributed by atoms with Crippen LogP contribution in [0.1, 0.15) is 29.3 Å². The molecule has 110 valence electrons. The van der Waals surface area contributed by atoms with Crippen molar-refractivity contribution in [2.75, 3.05) is 0 Å². The fraction of sp³-hybridized carbons (Fsp3) is 0.375. The molecule has 2 unspecified atom stereocenters. The van der Waals surface area contributed by atoms with Crippen LogP contribution in [0.2, 0.25) is 5.02 Å². The van der Waals surface area contributed by atoms with Gasteiger partial charge in [-0.1, -0.05) is 23.7 Å². The van der Waals surface area contributed by atoms with Crippen LogP contribution >= 0.6 is 11.6 Å². The summed E-state index contributed by atoms with van der Waals surface area (Å²) in [7, 11) is 1.90. The summed E-state index contributed by atoms with van der Waals surface area (Å²) in [6.07, 6.45) is 0.911. The van der Waals surface area contributed by atoms with Gasteiger partial charge in [0, 0.05) is 23.7 Å². The number of nitrogens with zero attached hydrogens (tertiary/aromatic N) is 2. The highest BCUT2D eigenvalue weighted by molar-refractivity contribution is 6.30. The first-order chi connectivity index (χ1) is 10.0. The van der Waals surface area contributed by atoms with Crippen LogP contribution in [0, 0.1) is 12.8 Å². The Balaban J connectivity index is 1.54. The van der Waals surface area contributed by atoms with Gasteiger partial charge in [0.2, 0.25) is 5.91 Å². The van der Waals surface area contributed by atoms with Gasteiger partial charge in [-0.25, -0.2) is 0 Å². The summed E-state index contributed by atoms with van der Waals surface area (Å²) in [6, 6.07) is 9.75. The lowest BCUT2D eigenvalue weighted by Crippen LogP contribution is -2.25. The molecule has 0 radical (unpaired) electrons. The van der Waals surface area contributed by atoms with E-state index in [-0.39, 0.29) is 11.8 Å². The van der Waals surface area contributed by atoms with Crippen molar-refractivity contribution in [3.63, 3.8) is 0 Å². The van der Waals surface area contributed by atoms with Crippen LogP contribution in [0.5, 0.6) is 0 Å². The third-order valence-corrected chi connectivity index (χ3v) is 4.29. The zero-order valence-corrected chi connectivity index (χ0v) is 12.9. The molecule has 5 heteroatoms. The first-order valence-electron chi connectivity index (χ1n) is 7.07. The lowest BCUT2D eigenvalue weighted by Gasteiger charge is -2.03. The number of hydrogen-bond acceptors (Lipinski definition) is 2. The average Bonchev–Trinajstić information content (AvgIpc) is 3.19. The number of hydrogen-bond donors (Lipinski definition) is 1. The summed E-state index contributed by atoms with van der Waals surface area (Å²) in [5, 5.41) is 8.04. The quantitative estimate of drug-likeness (QED) is 0.944. The molecule has 1 saturated carbocycles. The number of aryl methyl sites for hydroxylation is 2. The lowest BCUT2D eigenvalue weighted by atomic mass is 10.1. The van der Waals surface area contributed by atoms with Gasteiger partial charge < -0.3 is 5.32 Å². The Labute approximate surface area is 129 Å². The maximum atomic E-state index is 12.1. The molecule has 1 heterocycles. The number of aromatic nitrogens is 2. The van der Waals surface area contributed by atoms with Crippen molar-refractivity contribution in [2.24, 2.45) is 13.0 Å². The predicted molar refractivity (Wildman–Crippen MR) is 82.1 cm³/mol. The van der Waals surface area contributed by atoms with E-state index in [4.69, 9.17) is 11.6 Å². The minimum Gasteiger partial charge on any atom is -0.350 e. The van der Waals surface area contributed by atoms with Crippen LogP contribution in [-0.2, 0) is 18.4 Å². The Morgan fingerprint density at radius 2 is 2.14 bits per heavy atom. The summed E-state index contributed by atoms with van der Waals surface area (Å²) >= 11 is 5.88. The van der Waals surface area contributed by atoms with E-state index in [9.17, 15) is 4.79 Å². The molecular weight excluding hydrogens is 286 g/mol. The van der Waals surface area contributed by atoms with Crippen molar-refractivity contribution >= 4 is 17.5 Å². The van der Waals surface area contributed by atoms with Gasteiger partial charge in [-0.15, -0.1) is 0 Å². The molecule has 4 nitrogen and oxygen atoms in total. The number of nitrogens with one attached hydrogen (secondary N) is 1. The Morgan fingerprint density at radius 3 is 2.76 bits per heavy atom. The molecule has 1 aliphatic rings. The van der Waals surface area contributed by atoms with E-state index < -0.39 is 0 Å². The summed E-state index contributed by atoms with van der Waals surface area (Å²) in [6.45, 7) is 2.49. The van der Waals surface area contributed by atoms with Crippen molar-refractivity contribution in [1.82, 2.24) is 15.1 Å². The molecule has 21 heavy (non-hydrogen) atoms. The normalized spacial score (nSPS) is 20.3. The lowest BCUT2D eigenvalue weighted by molar-refractivity contribution is -0.122. The van der Waals surface area contributed by atoms with Crippen molar-refractivity contribution in [3.05, 3.63) is 52.3 Å². The van der Waals surface area contributed by atoms with Crippen LogP contribution in [0.15, 0.2) is 30.3 Å². The van der Waals surface area contributed by atoms with Gasteiger partial charge in [-0.3, -0.25) is 9.48 Å². The Morgan fingerprint density at radius 1 is 1.43 bits per heavy atom. The van der Waals surface area contributed by atoms with Gasteiger partial charge in [-0.05, 0) is 43.0 Å². The maximum absolute atomic E-state index is 12.1. The number of carbonyl (C=O) groups is 1. The molecule has 1 fully saturated rings. The second-order valence-electron chi connectivity index (χ2n) is 5.62. The highest BCUT2D eigenvalue weighted by Crippen LogP contribution is 2.47. The van der Waals surface area contributed by atoms with E-state index in [0.29, 0.717) is 12.5 Å². The highest BCUT2D eigenvalue weighted by Gasteiger charge is 2.43. The Kier molecular flexibility index (Phi) is 3.72. The average molecular weight is 304 g/mol. The number of benzene rings is 1. The molecule has 2 aromatic rings. The molecule has 1 amide bonds. The third kappa shape index (κ3) is 3.10. The molecule has 1 aromatic heterocycles. The molecule has 0 spiro atoms. The van der Waals surface area contributed by atoms with Gasteiger partial charge in [0.05, 0.1) is 12.2 Å². The predicted octanol–water partition coefficient (Wildman–Crippen LogP) is 2.80. The van der Waals surface area contributed by atoms with Crippen molar-refractivity contribution < 1.29 is 4.79 Å².